The monoisotopic (exact) mass is 291 g/mol. The van der Waals surface area contributed by atoms with E-state index in [4.69, 9.17) is 9.26 Å². The molecule has 2 aromatic rings. The van der Waals surface area contributed by atoms with E-state index < -0.39 is 0 Å². The minimum atomic E-state index is 0.133. The highest BCUT2D eigenvalue weighted by atomic mass is 79.9. The molecule has 2 heterocycles. The molecule has 3 nitrogen and oxygen atoms in total. The molecule has 17 heavy (non-hydrogen) atoms. The van der Waals surface area contributed by atoms with Crippen LogP contribution < -0.4 is 4.74 Å². The van der Waals surface area contributed by atoms with Gasteiger partial charge < -0.3 is 9.26 Å². The summed E-state index contributed by atoms with van der Waals surface area (Å²) in [5.41, 5.74) is 3.16. The number of fused-ring (bicyclic) bond motifs is 2. The van der Waals surface area contributed by atoms with Gasteiger partial charge in [-0.3, -0.25) is 0 Å². The van der Waals surface area contributed by atoms with Gasteiger partial charge in [-0.2, -0.15) is 0 Å². The van der Waals surface area contributed by atoms with Crippen molar-refractivity contribution >= 4 is 15.9 Å². The number of halogens is 1. The Hall–Kier alpha value is -1.29. The molecule has 1 aliphatic carbocycles. The highest BCUT2D eigenvalue weighted by molar-refractivity contribution is 9.10. The van der Waals surface area contributed by atoms with Gasteiger partial charge in [0.1, 0.15) is 23.3 Å². The van der Waals surface area contributed by atoms with E-state index in [0.717, 1.165) is 46.5 Å². The molecular weight excluding hydrogens is 282 g/mol. The lowest BCUT2D eigenvalue weighted by Crippen LogP contribution is -2.18. The first-order valence-electron chi connectivity index (χ1n) is 5.78. The van der Waals surface area contributed by atoms with E-state index in [1.54, 1.807) is 0 Å². The van der Waals surface area contributed by atoms with E-state index in [1.165, 1.54) is 5.56 Å². The standard InChI is InChI=1S/C13H10BrNO2/c14-7-4-5-9-8(6-7)13-12-10(16-9)2-1-3-11(12)17-15-13/h4-6,10H,1-3H2. The summed E-state index contributed by atoms with van der Waals surface area (Å²) in [6, 6.07) is 6.03. The average molecular weight is 292 g/mol. The van der Waals surface area contributed by atoms with Crippen molar-refractivity contribution in [2.75, 3.05) is 0 Å². The van der Waals surface area contributed by atoms with Gasteiger partial charge in [-0.15, -0.1) is 0 Å². The number of aromatic nitrogens is 1. The number of benzene rings is 1. The molecule has 0 saturated heterocycles. The summed E-state index contributed by atoms with van der Waals surface area (Å²) in [4.78, 5) is 0. The number of hydrogen-bond acceptors (Lipinski definition) is 3. The topological polar surface area (TPSA) is 35.3 Å². The smallest absolute Gasteiger partial charge is 0.144 e. The molecule has 0 fully saturated rings. The highest BCUT2D eigenvalue weighted by Gasteiger charge is 2.35. The van der Waals surface area contributed by atoms with Crippen LogP contribution >= 0.6 is 15.9 Å². The van der Waals surface area contributed by atoms with Crippen molar-refractivity contribution in [2.24, 2.45) is 0 Å². The fourth-order valence-electron chi connectivity index (χ4n) is 2.69. The van der Waals surface area contributed by atoms with Crippen LogP contribution in [0.2, 0.25) is 0 Å². The Balaban J connectivity index is 2.00. The Morgan fingerprint density at radius 2 is 2.29 bits per heavy atom. The maximum absolute atomic E-state index is 6.03. The zero-order chi connectivity index (χ0) is 11.4. The number of aryl methyl sites for hydroxylation is 1. The van der Waals surface area contributed by atoms with Crippen molar-refractivity contribution in [1.82, 2.24) is 5.16 Å². The molecule has 1 aromatic heterocycles. The molecule has 0 spiro atoms. The van der Waals surface area contributed by atoms with Crippen LogP contribution in [0.3, 0.4) is 0 Å². The number of hydrogen-bond donors (Lipinski definition) is 0. The van der Waals surface area contributed by atoms with Gasteiger partial charge in [-0.05, 0) is 31.0 Å². The molecule has 0 amide bonds. The fourth-order valence-corrected chi connectivity index (χ4v) is 3.05. The van der Waals surface area contributed by atoms with Crippen molar-refractivity contribution in [3.63, 3.8) is 0 Å². The van der Waals surface area contributed by atoms with E-state index >= 15 is 0 Å². The van der Waals surface area contributed by atoms with E-state index in [0.29, 0.717) is 0 Å². The van der Waals surface area contributed by atoms with E-state index in [-0.39, 0.29) is 6.10 Å². The van der Waals surface area contributed by atoms with Crippen LogP contribution in [-0.4, -0.2) is 5.16 Å². The number of nitrogens with zero attached hydrogens (tertiary/aromatic N) is 1. The second kappa shape index (κ2) is 3.35. The first-order chi connectivity index (χ1) is 8.33. The van der Waals surface area contributed by atoms with Crippen molar-refractivity contribution in [2.45, 2.75) is 25.4 Å². The van der Waals surface area contributed by atoms with E-state index in [2.05, 4.69) is 21.1 Å². The van der Waals surface area contributed by atoms with E-state index in [9.17, 15) is 0 Å². The Morgan fingerprint density at radius 1 is 1.35 bits per heavy atom. The zero-order valence-corrected chi connectivity index (χ0v) is 10.7. The Kier molecular flexibility index (Phi) is 1.92. The summed E-state index contributed by atoms with van der Waals surface area (Å²) in [5.74, 6) is 1.91. The lowest BCUT2D eigenvalue weighted by Gasteiger charge is -2.28. The number of ether oxygens (including phenoxy) is 1. The molecule has 2 aliphatic rings. The van der Waals surface area contributed by atoms with Gasteiger partial charge >= 0.3 is 0 Å². The molecule has 0 bridgehead atoms. The van der Waals surface area contributed by atoms with Gasteiger partial charge in [0.05, 0.1) is 5.56 Å². The molecule has 0 N–H and O–H groups in total. The molecule has 1 aliphatic heterocycles. The van der Waals surface area contributed by atoms with Crippen LogP contribution in [0.5, 0.6) is 5.75 Å². The normalized spacial score (nSPS) is 20.4. The third-order valence-electron chi connectivity index (χ3n) is 3.46. The van der Waals surface area contributed by atoms with Gasteiger partial charge in [-0.25, -0.2) is 0 Å². The summed E-state index contributed by atoms with van der Waals surface area (Å²) >= 11 is 3.48. The van der Waals surface area contributed by atoms with Crippen LogP contribution in [0.15, 0.2) is 27.2 Å². The minimum absolute atomic E-state index is 0.133. The Labute approximate surface area is 107 Å². The van der Waals surface area contributed by atoms with E-state index in [1.807, 2.05) is 18.2 Å². The molecule has 0 radical (unpaired) electrons. The van der Waals surface area contributed by atoms with Gasteiger partial charge in [-0.1, -0.05) is 21.1 Å². The zero-order valence-electron chi connectivity index (χ0n) is 9.07. The average Bonchev–Trinajstić information content (AvgIpc) is 2.77. The first kappa shape index (κ1) is 9.71. The highest BCUT2D eigenvalue weighted by Crippen LogP contribution is 2.47. The summed E-state index contributed by atoms with van der Waals surface area (Å²) < 4.78 is 12.5. The van der Waals surface area contributed by atoms with Crippen LogP contribution in [-0.2, 0) is 6.42 Å². The maximum atomic E-state index is 6.03. The molecule has 0 saturated carbocycles. The van der Waals surface area contributed by atoms with Crippen LogP contribution in [0, 0.1) is 0 Å². The van der Waals surface area contributed by atoms with Crippen LogP contribution in [0.25, 0.3) is 11.3 Å². The van der Waals surface area contributed by atoms with Crippen LogP contribution in [0.4, 0.5) is 0 Å². The van der Waals surface area contributed by atoms with Gasteiger partial charge in [0.2, 0.25) is 0 Å². The molecular formula is C13H10BrNO2. The molecule has 1 unspecified atom stereocenters. The molecule has 1 aromatic carbocycles. The Morgan fingerprint density at radius 3 is 3.24 bits per heavy atom. The van der Waals surface area contributed by atoms with Gasteiger partial charge in [0, 0.05) is 16.5 Å². The van der Waals surface area contributed by atoms with Crippen molar-refractivity contribution < 1.29 is 9.26 Å². The van der Waals surface area contributed by atoms with Crippen LogP contribution in [0.1, 0.15) is 30.3 Å². The fraction of sp³-hybridized carbons (Fsp3) is 0.308. The first-order valence-corrected chi connectivity index (χ1v) is 6.57. The molecule has 4 heteroatoms. The number of rotatable bonds is 0. The third kappa shape index (κ3) is 1.30. The summed E-state index contributed by atoms with van der Waals surface area (Å²) in [5, 5.41) is 4.22. The minimum Gasteiger partial charge on any atom is -0.485 e. The lowest BCUT2D eigenvalue weighted by atomic mass is 9.89. The SMILES string of the molecule is Brc1ccc2c(c1)-c1noc3c1C(CCC3)O2. The largest absolute Gasteiger partial charge is 0.485 e. The third-order valence-corrected chi connectivity index (χ3v) is 3.95. The summed E-state index contributed by atoms with van der Waals surface area (Å²) in [7, 11) is 0. The van der Waals surface area contributed by atoms with Gasteiger partial charge in [0.15, 0.2) is 0 Å². The predicted octanol–water partition coefficient (Wildman–Crippen LogP) is 3.87. The van der Waals surface area contributed by atoms with Crippen molar-refractivity contribution in [3.8, 4) is 17.0 Å². The molecule has 4 rings (SSSR count). The van der Waals surface area contributed by atoms with Crippen molar-refractivity contribution in [1.29, 1.82) is 0 Å². The quantitative estimate of drug-likeness (QED) is 0.739. The maximum Gasteiger partial charge on any atom is 0.144 e. The molecule has 1 atom stereocenters. The second-order valence-electron chi connectivity index (χ2n) is 4.51. The van der Waals surface area contributed by atoms with Gasteiger partial charge in [0.25, 0.3) is 0 Å². The molecule has 86 valence electrons. The lowest BCUT2D eigenvalue weighted by molar-refractivity contribution is 0.175. The predicted molar refractivity (Wildman–Crippen MR) is 65.9 cm³/mol. The second-order valence-corrected chi connectivity index (χ2v) is 5.42. The Bertz CT molecular complexity index is 605. The summed E-state index contributed by atoms with van der Waals surface area (Å²) in [6.07, 6.45) is 3.27. The van der Waals surface area contributed by atoms with Crippen molar-refractivity contribution in [3.05, 3.63) is 34.0 Å². The summed E-state index contributed by atoms with van der Waals surface area (Å²) in [6.45, 7) is 0.